The van der Waals surface area contributed by atoms with Crippen molar-refractivity contribution in [3.8, 4) is 0 Å². The van der Waals surface area contributed by atoms with Gasteiger partial charge in [0.25, 0.3) is 0 Å². The molecule has 2 atom stereocenters. The molecule has 0 aliphatic carbocycles. The normalized spacial score (nSPS) is 15.9. The van der Waals surface area contributed by atoms with Crippen LogP contribution in [0.3, 0.4) is 0 Å². The van der Waals surface area contributed by atoms with Crippen LogP contribution in [0.2, 0.25) is 18.1 Å². The lowest BCUT2D eigenvalue weighted by Crippen LogP contribution is -2.48. The van der Waals surface area contributed by atoms with Gasteiger partial charge < -0.3 is 4.43 Å². The summed E-state index contributed by atoms with van der Waals surface area (Å²) in [6.45, 7) is 14.9. The van der Waals surface area contributed by atoms with E-state index in [1.165, 1.54) is 0 Å². The molecule has 0 heterocycles. The Balaban J connectivity index is 4.97. The Bertz CT molecular complexity index is 300. The third kappa shape index (κ3) is 5.91. The molecule has 0 saturated heterocycles. The second kappa shape index (κ2) is 8.13. The van der Waals surface area contributed by atoms with E-state index in [1.807, 2.05) is 6.92 Å². The van der Waals surface area contributed by atoms with Crippen LogP contribution in [0.4, 0.5) is 0 Å². The van der Waals surface area contributed by atoms with Crippen LogP contribution in [0.5, 0.6) is 0 Å². The third-order valence-electron chi connectivity index (χ3n) is 4.46. The maximum absolute atomic E-state index is 11.3. The smallest absolute Gasteiger partial charge is 0.237 e. The van der Waals surface area contributed by atoms with Crippen molar-refractivity contribution in [2.75, 3.05) is 0 Å². The Hall–Kier alpha value is -0.423. The molecule has 0 saturated carbocycles. The Labute approximate surface area is 125 Å². The number of rotatable bonds is 9. The van der Waals surface area contributed by atoms with Crippen LogP contribution in [0.15, 0.2) is 0 Å². The molecule has 0 fully saturated rings. The third-order valence-corrected chi connectivity index (χ3v) is 8.97. The van der Waals surface area contributed by atoms with Crippen LogP contribution in [0, 0.1) is 10.1 Å². The molecule has 0 aromatic heterocycles. The fourth-order valence-electron chi connectivity index (χ4n) is 2.03. The maximum Gasteiger partial charge on any atom is 0.237 e. The van der Waals surface area contributed by atoms with Crippen molar-refractivity contribution in [3.63, 3.8) is 0 Å². The Morgan fingerprint density at radius 2 is 1.75 bits per heavy atom. The Kier molecular flexibility index (Phi) is 7.95. The number of unbranched alkanes of at least 4 members (excludes halogenated alkanes) is 2. The molecule has 0 N–H and O–H groups in total. The van der Waals surface area contributed by atoms with Crippen molar-refractivity contribution in [2.45, 2.75) is 97.0 Å². The van der Waals surface area contributed by atoms with Crippen molar-refractivity contribution in [1.29, 1.82) is 0 Å². The molecule has 0 aliphatic rings. The summed E-state index contributed by atoms with van der Waals surface area (Å²) in [7, 11) is -1.96. The molecule has 0 amide bonds. The Morgan fingerprint density at radius 3 is 2.10 bits per heavy atom. The average molecular weight is 304 g/mol. The van der Waals surface area contributed by atoms with Crippen LogP contribution in [0.1, 0.15) is 66.7 Å². The number of nitrogens with zero attached hydrogens (tertiary/aromatic N) is 1. The SMILES string of the molecule is CCCCC[C@@H](O[Si](C)(C)C(C)(C)C)[C@@H](CC)[N+](=O)[O-]. The highest BCUT2D eigenvalue weighted by Crippen LogP contribution is 2.38. The largest absolute Gasteiger partial charge is 0.407 e. The summed E-state index contributed by atoms with van der Waals surface area (Å²) in [6, 6.07) is -0.569. The topological polar surface area (TPSA) is 52.4 Å². The van der Waals surface area contributed by atoms with Gasteiger partial charge in [-0.3, -0.25) is 10.1 Å². The quantitative estimate of drug-likeness (QED) is 0.260. The van der Waals surface area contributed by atoms with Gasteiger partial charge in [-0.2, -0.15) is 0 Å². The molecule has 0 radical (unpaired) electrons. The van der Waals surface area contributed by atoms with E-state index in [-0.39, 0.29) is 16.1 Å². The van der Waals surface area contributed by atoms with Crippen molar-refractivity contribution in [1.82, 2.24) is 0 Å². The first-order chi connectivity index (χ1) is 9.06. The van der Waals surface area contributed by atoms with Gasteiger partial charge in [0.05, 0.1) is 0 Å². The van der Waals surface area contributed by atoms with Crippen LogP contribution in [0.25, 0.3) is 0 Å². The summed E-state index contributed by atoms with van der Waals surface area (Å²) in [4.78, 5) is 11.1. The van der Waals surface area contributed by atoms with Gasteiger partial charge in [0.2, 0.25) is 6.04 Å². The molecular weight excluding hydrogens is 270 g/mol. The molecule has 0 aromatic rings. The van der Waals surface area contributed by atoms with Crippen molar-refractivity contribution < 1.29 is 9.35 Å². The van der Waals surface area contributed by atoms with Crippen LogP contribution in [-0.4, -0.2) is 25.4 Å². The average Bonchev–Trinajstić information content (AvgIpc) is 2.27. The Morgan fingerprint density at radius 1 is 1.20 bits per heavy atom. The van der Waals surface area contributed by atoms with Crippen molar-refractivity contribution in [2.24, 2.45) is 0 Å². The summed E-state index contributed by atoms with van der Waals surface area (Å²) >= 11 is 0. The molecule has 20 heavy (non-hydrogen) atoms. The van der Waals surface area contributed by atoms with E-state index in [4.69, 9.17) is 4.43 Å². The fraction of sp³-hybridized carbons (Fsp3) is 1.00. The van der Waals surface area contributed by atoms with E-state index in [1.54, 1.807) is 0 Å². The minimum atomic E-state index is -1.96. The molecule has 0 bridgehead atoms. The van der Waals surface area contributed by atoms with E-state index >= 15 is 0 Å². The molecule has 0 aliphatic heterocycles. The van der Waals surface area contributed by atoms with Gasteiger partial charge in [-0.25, -0.2) is 0 Å². The zero-order valence-electron chi connectivity index (χ0n) is 14.4. The highest BCUT2D eigenvalue weighted by Gasteiger charge is 2.42. The van der Waals surface area contributed by atoms with Gasteiger partial charge in [0.15, 0.2) is 8.32 Å². The van der Waals surface area contributed by atoms with E-state index < -0.39 is 14.4 Å². The lowest BCUT2D eigenvalue weighted by molar-refractivity contribution is -0.534. The molecule has 120 valence electrons. The summed E-state index contributed by atoms with van der Waals surface area (Å²) < 4.78 is 6.36. The van der Waals surface area contributed by atoms with Gasteiger partial charge in [0.1, 0.15) is 6.10 Å². The predicted molar refractivity (Wildman–Crippen MR) is 87.3 cm³/mol. The molecule has 0 spiro atoms. The highest BCUT2D eigenvalue weighted by molar-refractivity contribution is 6.74. The summed E-state index contributed by atoms with van der Waals surface area (Å²) in [5, 5.41) is 11.4. The van der Waals surface area contributed by atoms with E-state index in [9.17, 15) is 10.1 Å². The standard InChI is InChI=1S/C15H33NO3Si/c1-8-10-11-12-14(13(9-2)16(17)18)19-20(6,7)15(3,4)5/h13-14H,8-12H2,1-7H3/t13-,14-/m1/s1. The molecule has 5 heteroatoms. The molecule has 0 aromatic carbocycles. The molecular formula is C15H33NO3Si. The van der Waals surface area contributed by atoms with Gasteiger partial charge in [-0.1, -0.05) is 53.9 Å². The van der Waals surface area contributed by atoms with Crippen LogP contribution >= 0.6 is 0 Å². The zero-order valence-corrected chi connectivity index (χ0v) is 15.4. The predicted octanol–water partition coefficient (Wildman–Crippen LogP) is 5.01. The summed E-state index contributed by atoms with van der Waals surface area (Å²) in [6.07, 6.45) is 4.37. The summed E-state index contributed by atoms with van der Waals surface area (Å²) in [5.41, 5.74) is 0. The molecule has 4 nitrogen and oxygen atoms in total. The minimum Gasteiger partial charge on any atom is -0.407 e. The molecule has 0 unspecified atom stereocenters. The lowest BCUT2D eigenvalue weighted by atomic mass is 10.0. The summed E-state index contributed by atoms with van der Waals surface area (Å²) in [5.74, 6) is 0. The molecule has 0 rings (SSSR count). The van der Waals surface area contributed by atoms with Crippen molar-refractivity contribution in [3.05, 3.63) is 10.1 Å². The maximum atomic E-state index is 11.3. The second-order valence-electron chi connectivity index (χ2n) is 7.17. The second-order valence-corrected chi connectivity index (χ2v) is 11.9. The van der Waals surface area contributed by atoms with Crippen molar-refractivity contribution >= 4 is 8.32 Å². The zero-order chi connectivity index (χ0) is 16.0. The fourth-order valence-corrected chi connectivity index (χ4v) is 3.41. The van der Waals surface area contributed by atoms with E-state index in [0.717, 1.165) is 25.7 Å². The number of hydrogen-bond acceptors (Lipinski definition) is 3. The van der Waals surface area contributed by atoms with Crippen LogP contribution < -0.4 is 0 Å². The van der Waals surface area contributed by atoms with Gasteiger partial charge >= 0.3 is 0 Å². The minimum absolute atomic E-state index is 0.0882. The number of hydrogen-bond donors (Lipinski definition) is 0. The monoisotopic (exact) mass is 303 g/mol. The van der Waals surface area contributed by atoms with Gasteiger partial charge in [-0.15, -0.1) is 0 Å². The van der Waals surface area contributed by atoms with Crippen LogP contribution in [-0.2, 0) is 4.43 Å². The highest BCUT2D eigenvalue weighted by atomic mass is 28.4. The first-order valence-corrected chi connectivity index (χ1v) is 10.8. The van der Waals surface area contributed by atoms with Gasteiger partial charge in [0, 0.05) is 11.3 Å². The van der Waals surface area contributed by atoms with E-state index in [0.29, 0.717) is 6.42 Å². The number of nitro groups is 1. The van der Waals surface area contributed by atoms with Gasteiger partial charge in [-0.05, 0) is 24.6 Å². The lowest BCUT2D eigenvalue weighted by Gasteiger charge is -2.39. The first kappa shape index (κ1) is 19.6. The van der Waals surface area contributed by atoms with E-state index in [2.05, 4.69) is 40.8 Å². The first-order valence-electron chi connectivity index (χ1n) is 7.88.